The third-order valence-corrected chi connectivity index (χ3v) is 5.74. The summed E-state index contributed by atoms with van der Waals surface area (Å²) in [6.07, 6.45) is 4.37. The first-order chi connectivity index (χ1) is 12.4. The minimum absolute atomic E-state index is 0.124. The van der Waals surface area contributed by atoms with E-state index in [2.05, 4.69) is 15.1 Å². The summed E-state index contributed by atoms with van der Waals surface area (Å²) in [7, 11) is -3.75. The fourth-order valence-electron chi connectivity index (χ4n) is 2.81. The first kappa shape index (κ1) is 18.4. The number of ether oxygens (including phenoxy) is 1. The Bertz CT molecular complexity index is 901. The molecule has 1 saturated heterocycles. The van der Waals surface area contributed by atoms with Crippen molar-refractivity contribution in [3.8, 4) is 0 Å². The summed E-state index contributed by atoms with van der Waals surface area (Å²) in [5.41, 5.74) is 1.52. The maximum absolute atomic E-state index is 12.7. The van der Waals surface area contributed by atoms with Gasteiger partial charge in [0, 0.05) is 24.9 Å². The van der Waals surface area contributed by atoms with Gasteiger partial charge in [0.25, 0.3) is 10.0 Å². The van der Waals surface area contributed by atoms with E-state index in [9.17, 15) is 13.2 Å². The number of aryl methyl sites for hydroxylation is 1. The third kappa shape index (κ3) is 4.05. The molecule has 1 aliphatic rings. The number of nitrogens with one attached hydrogen (secondary N) is 2. The number of rotatable bonds is 6. The van der Waals surface area contributed by atoms with E-state index in [0.717, 1.165) is 6.42 Å². The Morgan fingerprint density at radius 2 is 2.19 bits per heavy atom. The number of amides is 1. The molecule has 1 aliphatic heterocycles. The Labute approximate surface area is 152 Å². The van der Waals surface area contributed by atoms with E-state index in [4.69, 9.17) is 4.74 Å². The van der Waals surface area contributed by atoms with Gasteiger partial charge >= 0.3 is 0 Å². The standard InChI is InChI=1S/C17H22N4O4S/c1-3-17(22)19-13-4-5-16(12(2)8-13)26(23,24)20-14-9-18-21(10-14)15-6-7-25-11-15/h4-5,8-10,15,20H,3,6-7,11H2,1-2H3,(H,19,22)/t15-/m0/s1. The van der Waals surface area contributed by atoms with Gasteiger partial charge in [0.15, 0.2) is 0 Å². The van der Waals surface area contributed by atoms with Crippen LogP contribution in [0.4, 0.5) is 11.4 Å². The van der Waals surface area contributed by atoms with Crippen molar-refractivity contribution in [2.75, 3.05) is 23.3 Å². The fourth-order valence-corrected chi connectivity index (χ4v) is 4.06. The van der Waals surface area contributed by atoms with Gasteiger partial charge in [-0.1, -0.05) is 6.92 Å². The molecule has 0 aliphatic carbocycles. The predicted molar refractivity (Wildman–Crippen MR) is 97.6 cm³/mol. The topological polar surface area (TPSA) is 102 Å². The number of aromatic nitrogens is 2. The molecule has 2 heterocycles. The Morgan fingerprint density at radius 3 is 2.85 bits per heavy atom. The van der Waals surface area contributed by atoms with Crippen LogP contribution in [0.25, 0.3) is 0 Å². The second kappa shape index (κ2) is 7.46. The Hall–Kier alpha value is -2.39. The quantitative estimate of drug-likeness (QED) is 0.803. The third-order valence-electron chi connectivity index (χ3n) is 4.20. The molecule has 140 valence electrons. The number of hydrogen-bond donors (Lipinski definition) is 2. The minimum Gasteiger partial charge on any atom is -0.379 e. The lowest BCUT2D eigenvalue weighted by molar-refractivity contribution is -0.115. The van der Waals surface area contributed by atoms with E-state index < -0.39 is 10.0 Å². The van der Waals surface area contributed by atoms with Crippen molar-refractivity contribution in [1.82, 2.24) is 9.78 Å². The van der Waals surface area contributed by atoms with Gasteiger partial charge < -0.3 is 10.1 Å². The first-order valence-corrected chi connectivity index (χ1v) is 9.92. The second-order valence-electron chi connectivity index (χ2n) is 6.21. The molecular formula is C17H22N4O4S. The van der Waals surface area contributed by atoms with Crippen LogP contribution >= 0.6 is 0 Å². The van der Waals surface area contributed by atoms with Crippen molar-refractivity contribution in [3.63, 3.8) is 0 Å². The molecule has 1 atom stereocenters. The molecule has 8 nitrogen and oxygen atoms in total. The molecule has 9 heteroatoms. The Balaban J connectivity index is 1.76. The van der Waals surface area contributed by atoms with Gasteiger partial charge in [0.05, 0.1) is 29.4 Å². The molecule has 1 aromatic carbocycles. The van der Waals surface area contributed by atoms with Crippen LogP contribution in [-0.2, 0) is 19.6 Å². The van der Waals surface area contributed by atoms with E-state index in [0.29, 0.717) is 36.6 Å². The van der Waals surface area contributed by atoms with Crippen molar-refractivity contribution in [1.29, 1.82) is 0 Å². The van der Waals surface area contributed by atoms with Crippen LogP contribution in [0.1, 0.15) is 31.4 Å². The monoisotopic (exact) mass is 378 g/mol. The smallest absolute Gasteiger partial charge is 0.262 e. The van der Waals surface area contributed by atoms with Crippen molar-refractivity contribution in [2.45, 2.75) is 37.6 Å². The number of anilines is 2. The summed E-state index contributed by atoms with van der Waals surface area (Å²) in [5, 5.41) is 6.93. The average molecular weight is 378 g/mol. The van der Waals surface area contributed by atoms with Gasteiger partial charge in [-0.05, 0) is 37.1 Å². The van der Waals surface area contributed by atoms with E-state index in [-0.39, 0.29) is 16.8 Å². The van der Waals surface area contributed by atoms with Gasteiger partial charge in [-0.25, -0.2) is 8.42 Å². The largest absolute Gasteiger partial charge is 0.379 e. The van der Waals surface area contributed by atoms with Crippen LogP contribution in [-0.4, -0.2) is 37.3 Å². The van der Waals surface area contributed by atoms with Crippen molar-refractivity contribution in [3.05, 3.63) is 36.2 Å². The maximum atomic E-state index is 12.7. The van der Waals surface area contributed by atoms with Gasteiger partial charge in [-0.15, -0.1) is 0 Å². The fraction of sp³-hybridized carbons (Fsp3) is 0.412. The van der Waals surface area contributed by atoms with Crippen LogP contribution in [0.5, 0.6) is 0 Å². The summed E-state index contributed by atoms with van der Waals surface area (Å²) in [6, 6.07) is 4.84. The summed E-state index contributed by atoms with van der Waals surface area (Å²) >= 11 is 0. The summed E-state index contributed by atoms with van der Waals surface area (Å²) in [5.74, 6) is -0.124. The van der Waals surface area contributed by atoms with E-state index >= 15 is 0 Å². The highest BCUT2D eigenvalue weighted by molar-refractivity contribution is 7.92. The highest BCUT2D eigenvalue weighted by Crippen LogP contribution is 2.24. The Kier molecular flexibility index (Phi) is 5.28. The lowest BCUT2D eigenvalue weighted by atomic mass is 10.2. The van der Waals surface area contributed by atoms with Crippen molar-refractivity contribution in [2.24, 2.45) is 0 Å². The molecule has 2 aromatic rings. The molecule has 0 saturated carbocycles. The second-order valence-corrected chi connectivity index (χ2v) is 7.86. The van der Waals surface area contributed by atoms with Crippen molar-refractivity contribution >= 4 is 27.3 Å². The van der Waals surface area contributed by atoms with Gasteiger partial charge in [-0.3, -0.25) is 14.2 Å². The molecular weight excluding hydrogens is 356 g/mol. The van der Waals surface area contributed by atoms with Crippen LogP contribution in [0.15, 0.2) is 35.5 Å². The molecule has 1 fully saturated rings. The number of hydrogen-bond acceptors (Lipinski definition) is 5. The molecule has 0 bridgehead atoms. The Morgan fingerprint density at radius 1 is 1.38 bits per heavy atom. The molecule has 1 aromatic heterocycles. The molecule has 0 radical (unpaired) electrons. The molecule has 0 spiro atoms. The zero-order chi connectivity index (χ0) is 18.7. The molecule has 2 N–H and O–H groups in total. The lowest BCUT2D eigenvalue weighted by Crippen LogP contribution is -2.15. The number of carbonyl (C=O) groups excluding carboxylic acids is 1. The van der Waals surface area contributed by atoms with Crippen LogP contribution in [0, 0.1) is 6.92 Å². The minimum atomic E-state index is -3.75. The van der Waals surface area contributed by atoms with E-state index in [1.54, 1.807) is 36.9 Å². The normalized spacial score (nSPS) is 17.2. The molecule has 1 amide bonds. The first-order valence-electron chi connectivity index (χ1n) is 8.44. The molecule has 26 heavy (non-hydrogen) atoms. The zero-order valence-corrected chi connectivity index (χ0v) is 15.5. The summed E-state index contributed by atoms with van der Waals surface area (Å²) in [4.78, 5) is 11.6. The van der Waals surface area contributed by atoms with Crippen LogP contribution < -0.4 is 10.0 Å². The van der Waals surface area contributed by atoms with E-state index in [1.165, 1.54) is 12.3 Å². The highest BCUT2D eigenvalue weighted by Gasteiger charge is 2.21. The maximum Gasteiger partial charge on any atom is 0.262 e. The number of carbonyl (C=O) groups is 1. The summed E-state index contributed by atoms with van der Waals surface area (Å²) < 4.78 is 35.0. The van der Waals surface area contributed by atoms with Crippen molar-refractivity contribution < 1.29 is 17.9 Å². The highest BCUT2D eigenvalue weighted by atomic mass is 32.2. The van der Waals surface area contributed by atoms with Crippen LogP contribution in [0.2, 0.25) is 0 Å². The van der Waals surface area contributed by atoms with Gasteiger partial charge in [0.2, 0.25) is 5.91 Å². The predicted octanol–water partition coefficient (Wildman–Crippen LogP) is 2.30. The zero-order valence-electron chi connectivity index (χ0n) is 14.7. The van der Waals surface area contributed by atoms with Gasteiger partial charge in [0.1, 0.15) is 0 Å². The number of sulfonamides is 1. The average Bonchev–Trinajstić information content (AvgIpc) is 3.25. The SMILES string of the molecule is CCC(=O)Nc1ccc(S(=O)(=O)Nc2cnn([C@H]3CCOC3)c2)c(C)c1. The van der Waals surface area contributed by atoms with Gasteiger partial charge in [-0.2, -0.15) is 5.10 Å². The summed E-state index contributed by atoms with van der Waals surface area (Å²) in [6.45, 7) is 4.71. The van der Waals surface area contributed by atoms with Crippen LogP contribution in [0.3, 0.4) is 0 Å². The number of benzene rings is 1. The molecule has 3 rings (SSSR count). The van der Waals surface area contributed by atoms with E-state index in [1.807, 2.05) is 0 Å². The lowest BCUT2D eigenvalue weighted by Gasteiger charge is -2.11. The molecule has 0 unspecified atom stereocenters. The number of nitrogens with zero attached hydrogens (tertiary/aromatic N) is 2.